The summed E-state index contributed by atoms with van der Waals surface area (Å²) < 4.78 is 0. The Kier molecular flexibility index (Phi) is 7.88. The van der Waals surface area contributed by atoms with E-state index in [2.05, 4.69) is 37.8 Å². The van der Waals surface area contributed by atoms with E-state index in [0.29, 0.717) is 5.88 Å². The number of aryl methyl sites for hydroxylation is 1. The average molecular weight is 283 g/mol. The number of halogens is 1. The number of unbranched alkanes of at least 4 members (excludes halogenated alkanes) is 2. The van der Waals surface area contributed by atoms with Crippen molar-refractivity contribution in [3.63, 3.8) is 0 Å². The molecular formula is C16H27ClN2. The zero-order valence-electron chi connectivity index (χ0n) is 12.6. The van der Waals surface area contributed by atoms with Crippen LogP contribution in [0.25, 0.3) is 0 Å². The molecule has 0 unspecified atom stereocenters. The van der Waals surface area contributed by atoms with Crippen molar-refractivity contribution in [2.75, 3.05) is 18.0 Å². The molecule has 1 aromatic heterocycles. The third-order valence-electron chi connectivity index (χ3n) is 3.33. The van der Waals surface area contributed by atoms with Crippen LogP contribution >= 0.6 is 11.6 Å². The van der Waals surface area contributed by atoms with Crippen LogP contribution in [0.15, 0.2) is 12.1 Å². The maximum atomic E-state index is 5.99. The van der Waals surface area contributed by atoms with E-state index in [4.69, 9.17) is 16.6 Å². The van der Waals surface area contributed by atoms with Crippen molar-refractivity contribution in [2.45, 2.75) is 58.8 Å². The summed E-state index contributed by atoms with van der Waals surface area (Å²) in [6.07, 6.45) is 5.85. The largest absolute Gasteiger partial charge is 0.357 e. The third kappa shape index (κ3) is 5.40. The molecule has 0 saturated carbocycles. The van der Waals surface area contributed by atoms with Crippen LogP contribution in [0, 0.1) is 0 Å². The minimum atomic E-state index is 0.567. The molecule has 0 N–H and O–H groups in total. The highest BCUT2D eigenvalue weighted by Gasteiger charge is 2.09. The highest BCUT2D eigenvalue weighted by atomic mass is 35.5. The number of hydrogen-bond acceptors (Lipinski definition) is 2. The molecule has 1 aromatic rings. The summed E-state index contributed by atoms with van der Waals surface area (Å²) in [6.45, 7) is 8.81. The number of aromatic nitrogens is 1. The van der Waals surface area contributed by atoms with Crippen LogP contribution in [0.2, 0.25) is 0 Å². The van der Waals surface area contributed by atoms with Gasteiger partial charge < -0.3 is 4.90 Å². The fourth-order valence-electron chi connectivity index (χ4n) is 2.09. The monoisotopic (exact) mass is 282 g/mol. The first-order chi connectivity index (χ1) is 9.24. The van der Waals surface area contributed by atoms with Gasteiger partial charge in [0.05, 0.1) is 0 Å². The van der Waals surface area contributed by atoms with Crippen LogP contribution in [0.4, 0.5) is 5.82 Å². The molecule has 0 atom stereocenters. The first-order valence-corrected chi connectivity index (χ1v) is 8.09. The molecule has 0 fully saturated rings. The molecule has 0 aromatic carbocycles. The normalized spacial score (nSPS) is 10.7. The molecule has 1 rings (SSSR count). The van der Waals surface area contributed by atoms with Crippen LogP contribution in [0.3, 0.4) is 0 Å². The Labute approximate surface area is 123 Å². The standard InChI is InChI=1S/C16H27ClN2/c1-4-7-9-19(10-8-5-2)16-12-14(13-17)11-15(6-3)18-16/h11-12H,4-10,13H2,1-3H3. The minimum absolute atomic E-state index is 0.567. The van der Waals surface area contributed by atoms with Crippen LogP contribution in [0.1, 0.15) is 57.7 Å². The first kappa shape index (κ1) is 16.3. The number of nitrogens with zero attached hydrogens (tertiary/aromatic N) is 2. The van der Waals surface area contributed by atoms with Gasteiger partial charge in [0.15, 0.2) is 0 Å². The summed E-state index contributed by atoms with van der Waals surface area (Å²) in [5, 5.41) is 0. The van der Waals surface area contributed by atoms with Gasteiger partial charge in [-0.2, -0.15) is 0 Å². The third-order valence-corrected chi connectivity index (χ3v) is 3.64. The number of rotatable bonds is 9. The summed E-state index contributed by atoms with van der Waals surface area (Å²) >= 11 is 5.99. The van der Waals surface area contributed by atoms with Gasteiger partial charge in [0.2, 0.25) is 0 Å². The van der Waals surface area contributed by atoms with E-state index in [-0.39, 0.29) is 0 Å². The summed E-state index contributed by atoms with van der Waals surface area (Å²) in [5.41, 5.74) is 2.33. The van der Waals surface area contributed by atoms with Gasteiger partial charge in [-0.1, -0.05) is 33.6 Å². The molecule has 0 bridgehead atoms. The molecule has 3 heteroatoms. The topological polar surface area (TPSA) is 16.1 Å². The van der Waals surface area contributed by atoms with E-state index in [0.717, 1.165) is 31.0 Å². The van der Waals surface area contributed by atoms with Crippen molar-refractivity contribution in [1.82, 2.24) is 4.98 Å². The Morgan fingerprint density at radius 1 is 1.05 bits per heavy atom. The predicted octanol–water partition coefficient (Wildman–Crippen LogP) is 4.79. The quantitative estimate of drug-likeness (QED) is 0.606. The van der Waals surface area contributed by atoms with Crippen LogP contribution < -0.4 is 4.90 Å². The van der Waals surface area contributed by atoms with Gasteiger partial charge in [0, 0.05) is 24.7 Å². The van der Waals surface area contributed by atoms with E-state index in [1.165, 1.54) is 31.2 Å². The van der Waals surface area contributed by atoms with Crippen molar-refractivity contribution in [1.29, 1.82) is 0 Å². The average Bonchev–Trinajstić information content (AvgIpc) is 2.46. The second-order valence-corrected chi connectivity index (χ2v) is 5.27. The molecule has 108 valence electrons. The molecule has 0 spiro atoms. The fourth-order valence-corrected chi connectivity index (χ4v) is 2.25. The highest BCUT2D eigenvalue weighted by molar-refractivity contribution is 6.17. The Morgan fingerprint density at radius 2 is 1.68 bits per heavy atom. The zero-order chi connectivity index (χ0) is 14.1. The minimum Gasteiger partial charge on any atom is -0.357 e. The Morgan fingerprint density at radius 3 is 2.16 bits per heavy atom. The molecule has 19 heavy (non-hydrogen) atoms. The second-order valence-electron chi connectivity index (χ2n) is 5.01. The molecule has 0 aliphatic carbocycles. The predicted molar refractivity (Wildman–Crippen MR) is 85.2 cm³/mol. The lowest BCUT2D eigenvalue weighted by molar-refractivity contribution is 0.669. The van der Waals surface area contributed by atoms with Crippen LogP contribution in [-0.2, 0) is 12.3 Å². The molecule has 0 aliphatic rings. The lowest BCUT2D eigenvalue weighted by Gasteiger charge is -2.24. The molecule has 1 heterocycles. The van der Waals surface area contributed by atoms with Gasteiger partial charge in [0.25, 0.3) is 0 Å². The molecule has 0 aliphatic heterocycles. The van der Waals surface area contributed by atoms with E-state index >= 15 is 0 Å². The first-order valence-electron chi connectivity index (χ1n) is 7.55. The van der Waals surface area contributed by atoms with Crippen LogP contribution in [-0.4, -0.2) is 18.1 Å². The van der Waals surface area contributed by atoms with E-state index in [1.807, 2.05) is 0 Å². The molecular weight excluding hydrogens is 256 g/mol. The van der Waals surface area contributed by atoms with Gasteiger partial charge in [-0.15, -0.1) is 11.6 Å². The molecule has 0 radical (unpaired) electrons. The number of alkyl halides is 1. The maximum Gasteiger partial charge on any atom is 0.129 e. The molecule has 0 saturated heterocycles. The number of pyridine rings is 1. The van der Waals surface area contributed by atoms with E-state index < -0.39 is 0 Å². The maximum absolute atomic E-state index is 5.99. The lowest BCUT2D eigenvalue weighted by Crippen LogP contribution is -2.27. The van der Waals surface area contributed by atoms with E-state index in [9.17, 15) is 0 Å². The van der Waals surface area contributed by atoms with Crippen molar-refractivity contribution >= 4 is 17.4 Å². The smallest absolute Gasteiger partial charge is 0.129 e. The van der Waals surface area contributed by atoms with Gasteiger partial charge in [-0.05, 0) is 37.0 Å². The van der Waals surface area contributed by atoms with Gasteiger partial charge in [-0.3, -0.25) is 0 Å². The SMILES string of the molecule is CCCCN(CCCC)c1cc(CCl)cc(CC)n1. The number of anilines is 1. The van der Waals surface area contributed by atoms with Gasteiger partial charge >= 0.3 is 0 Å². The van der Waals surface area contributed by atoms with Crippen molar-refractivity contribution in [3.05, 3.63) is 23.4 Å². The van der Waals surface area contributed by atoms with E-state index in [1.54, 1.807) is 0 Å². The second kappa shape index (κ2) is 9.19. The molecule has 2 nitrogen and oxygen atoms in total. The Hall–Kier alpha value is -0.760. The highest BCUT2D eigenvalue weighted by Crippen LogP contribution is 2.18. The Bertz CT molecular complexity index is 336. The summed E-state index contributed by atoms with van der Waals surface area (Å²) in [5.74, 6) is 1.68. The van der Waals surface area contributed by atoms with Gasteiger partial charge in [0.1, 0.15) is 5.82 Å². The lowest BCUT2D eigenvalue weighted by atomic mass is 10.2. The van der Waals surface area contributed by atoms with Crippen molar-refractivity contribution < 1.29 is 0 Å². The summed E-state index contributed by atoms with van der Waals surface area (Å²) in [4.78, 5) is 7.19. The fraction of sp³-hybridized carbons (Fsp3) is 0.688. The van der Waals surface area contributed by atoms with Gasteiger partial charge in [-0.25, -0.2) is 4.98 Å². The Balaban J connectivity index is 2.91. The zero-order valence-corrected chi connectivity index (χ0v) is 13.3. The van der Waals surface area contributed by atoms with Crippen molar-refractivity contribution in [3.8, 4) is 0 Å². The number of hydrogen-bond donors (Lipinski definition) is 0. The summed E-state index contributed by atoms with van der Waals surface area (Å²) in [7, 11) is 0. The molecule has 0 amide bonds. The van der Waals surface area contributed by atoms with Crippen LogP contribution in [0.5, 0.6) is 0 Å². The van der Waals surface area contributed by atoms with Crippen molar-refractivity contribution in [2.24, 2.45) is 0 Å². The summed E-state index contributed by atoms with van der Waals surface area (Å²) in [6, 6.07) is 4.27.